The van der Waals surface area contributed by atoms with Crippen LogP contribution < -0.4 is 0 Å². The topological polar surface area (TPSA) is 53.3 Å². The second-order valence-corrected chi connectivity index (χ2v) is 5.12. The highest BCUT2D eigenvalue weighted by Crippen LogP contribution is 2.37. The van der Waals surface area contributed by atoms with Crippen molar-refractivity contribution in [2.24, 2.45) is 5.92 Å². The van der Waals surface area contributed by atoms with E-state index in [0.29, 0.717) is 0 Å². The van der Waals surface area contributed by atoms with Gasteiger partial charge in [-0.3, -0.25) is 9.69 Å². The number of hydrogen-bond acceptors (Lipinski definition) is 4. The lowest BCUT2D eigenvalue weighted by atomic mass is 9.93. The summed E-state index contributed by atoms with van der Waals surface area (Å²) in [5, 5.41) is 9.39. The molecule has 2 aliphatic heterocycles. The average molecular weight is 256 g/mol. The standard InChI is InChI=1S/C15H16N2O2/c16-9-12-10-19-15(18)13-7-4-8-17(13)14(12)11-5-2-1-3-6-11/h1-3,5-6,12-14H,4,7-8,10H2. The monoisotopic (exact) mass is 256 g/mol. The summed E-state index contributed by atoms with van der Waals surface area (Å²) in [7, 11) is 0. The van der Waals surface area contributed by atoms with Crippen molar-refractivity contribution in [2.75, 3.05) is 13.2 Å². The van der Waals surface area contributed by atoms with Crippen LogP contribution in [0.25, 0.3) is 0 Å². The molecule has 0 aliphatic carbocycles. The SMILES string of the molecule is N#CC1COC(=O)C2CCCN2C1c1ccccc1. The fraction of sp³-hybridized carbons (Fsp3) is 0.467. The molecule has 1 aromatic carbocycles. The molecule has 0 bridgehead atoms. The minimum absolute atomic E-state index is 0.0369. The first-order valence-corrected chi connectivity index (χ1v) is 6.68. The fourth-order valence-corrected chi connectivity index (χ4v) is 3.15. The third kappa shape index (κ3) is 2.11. The second kappa shape index (κ2) is 5.02. The van der Waals surface area contributed by atoms with Crippen molar-refractivity contribution in [1.29, 1.82) is 5.26 Å². The zero-order valence-corrected chi connectivity index (χ0v) is 10.7. The molecule has 0 spiro atoms. The third-order valence-electron chi connectivity index (χ3n) is 4.02. The summed E-state index contributed by atoms with van der Waals surface area (Å²) in [5.74, 6) is -0.467. The lowest BCUT2D eigenvalue weighted by Gasteiger charge is -2.31. The molecule has 19 heavy (non-hydrogen) atoms. The zero-order chi connectivity index (χ0) is 13.2. The first-order chi connectivity index (χ1) is 9.31. The van der Waals surface area contributed by atoms with E-state index in [9.17, 15) is 10.1 Å². The van der Waals surface area contributed by atoms with Crippen LogP contribution >= 0.6 is 0 Å². The van der Waals surface area contributed by atoms with E-state index < -0.39 is 0 Å². The number of rotatable bonds is 1. The van der Waals surface area contributed by atoms with Crippen LogP contribution in [0, 0.1) is 17.2 Å². The molecule has 0 saturated carbocycles. The van der Waals surface area contributed by atoms with Gasteiger partial charge in [0.25, 0.3) is 0 Å². The van der Waals surface area contributed by atoms with E-state index in [4.69, 9.17) is 4.74 Å². The summed E-state index contributed by atoms with van der Waals surface area (Å²) < 4.78 is 5.27. The summed E-state index contributed by atoms with van der Waals surface area (Å²) in [6.07, 6.45) is 1.82. The molecule has 3 rings (SSSR count). The largest absolute Gasteiger partial charge is 0.463 e. The highest BCUT2D eigenvalue weighted by Gasteiger charge is 2.43. The Labute approximate surface area is 112 Å². The van der Waals surface area contributed by atoms with Crippen molar-refractivity contribution in [3.05, 3.63) is 35.9 Å². The molecule has 0 aromatic heterocycles. The summed E-state index contributed by atoms with van der Waals surface area (Å²) >= 11 is 0. The van der Waals surface area contributed by atoms with E-state index in [0.717, 1.165) is 24.9 Å². The van der Waals surface area contributed by atoms with Crippen molar-refractivity contribution in [2.45, 2.75) is 24.9 Å². The van der Waals surface area contributed by atoms with E-state index in [1.807, 2.05) is 30.3 Å². The highest BCUT2D eigenvalue weighted by atomic mass is 16.5. The zero-order valence-electron chi connectivity index (χ0n) is 10.7. The number of carbonyl (C=O) groups excluding carboxylic acids is 1. The highest BCUT2D eigenvalue weighted by molar-refractivity contribution is 5.76. The van der Waals surface area contributed by atoms with Crippen molar-refractivity contribution < 1.29 is 9.53 Å². The number of carbonyl (C=O) groups is 1. The maximum atomic E-state index is 12.0. The van der Waals surface area contributed by atoms with Crippen LogP contribution in [0.3, 0.4) is 0 Å². The Hall–Kier alpha value is -1.86. The van der Waals surface area contributed by atoms with E-state index in [1.54, 1.807) is 0 Å². The van der Waals surface area contributed by atoms with Crippen molar-refractivity contribution >= 4 is 5.97 Å². The van der Waals surface area contributed by atoms with Crippen LogP contribution in [0.1, 0.15) is 24.4 Å². The summed E-state index contributed by atoms with van der Waals surface area (Å²) in [4.78, 5) is 14.1. The Kier molecular flexibility index (Phi) is 3.22. The van der Waals surface area contributed by atoms with Crippen molar-refractivity contribution in [3.8, 4) is 6.07 Å². The van der Waals surface area contributed by atoms with Gasteiger partial charge >= 0.3 is 5.97 Å². The number of benzene rings is 1. The molecule has 2 aliphatic rings. The quantitative estimate of drug-likeness (QED) is 0.720. The summed E-state index contributed by atoms with van der Waals surface area (Å²) in [5.41, 5.74) is 1.10. The number of ether oxygens (including phenoxy) is 1. The lowest BCUT2D eigenvalue weighted by Crippen LogP contribution is -2.38. The van der Waals surface area contributed by atoms with Gasteiger partial charge in [0.1, 0.15) is 18.6 Å². The van der Waals surface area contributed by atoms with Gasteiger partial charge in [0, 0.05) is 0 Å². The lowest BCUT2D eigenvalue weighted by molar-refractivity contribution is -0.147. The Morgan fingerprint density at radius 2 is 2.11 bits per heavy atom. The maximum absolute atomic E-state index is 12.0. The molecule has 0 amide bonds. The predicted molar refractivity (Wildman–Crippen MR) is 69.0 cm³/mol. The molecule has 4 heteroatoms. The normalized spacial score (nSPS) is 31.1. The van der Waals surface area contributed by atoms with Gasteiger partial charge in [0.15, 0.2) is 0 Å². The van der Waals surface area contributed by atoms with E-state index in [2.05, 4.69) is 11.0 Å². The molecule has 98 valence electrons. The summed E-state index contributed by atoms with van der Waals surface area (Å²) in [6, 6.07) is 12.1. The van der Waals surface area contributed by atoms with Gasteiger partial charge in [-0.05, 0) is 24.9 Å². The number of esters is 1. The van der Waals surface area contributed by atoms with Gasteiger partial charge in [-0.2, -0.15) is 5.26 Å². The molecule has 2 saturated heterocycles. The van der Waals surface area contributed by atoms with Crippen LogP contribution in [0.15, 0.2) is 30.3 Å². The van der Waals surface area contributed by atoms with E-state index in [-0.39, 0.29) is 30.6 Å². The molecular weight excluding hydrogens is 240 g/mol. The molecule has 2 fully saturated rings. The third-order valence-corrected chi connectivity index (χ3v) is 4.02. The molecule has 1 aromatic rings. The van der Waals surface area contributed by atoms with Crippen molar-refractivity contribution in [3.63, 3.8) is 0 Å². The maximum Gasteiger partial charge on any atom is 0.323 e. The molecule has 4 nitrogen and oxygen atoms in total. The first-order valence-electron chi connectivity index (χ1n) is 6.68. The first kappa shape index (κ1) is 12.2. The Morgan fingerprint density at radius 3 is 2.84 bits per heavy atom. The van der Waals surface area contributed by atoms with E-state index in [1.165, 1.54) is 0 Å². The molecular formula is C15H16N2O2. The predicted octanol–water partition coefficient (Wildman–Crippen LogP) is 1.89. The minimum Gasteiger partial charge on any atom is -0.463 e. The number of nitriles is 1. The average Bonchev–Trinajstić information content (AvgIpc) is 2.88. The van der Waals surface area contributed by atoms with Crippen LogP contribution in [-0.4, -0.2) is 30.1 Å². The van der Waals surface area contributed by atoms with Crippen LogP contribution in [0.5, 0.6) is 0 Å². The molecule has 2 heterocycles. The Morgan fingerprint density at radius 1 is 1.32 bits per heavy atom. The smallest absolute Gasteiger partial charge is 0.323 e. The van der Waals surface area contributed by atoms with Gasteiger partial charge in [-0.15, -0.1) is 0 Å². The number of nitrogens with zero attached hydrogens (tertiary/aromatic N) is 2. The van der Waals surface area contributed by atoms with Crippen LogP contribution in [0.4, 0.5) is 0 Å². The molecule has 3 unspecified atom stereocenters. The number of cyclic esters (lactones) is 1. The molecule has 0 N–H and O–H groups in total. The summed E-state index contributed by atoms with van der Waals surface area (Å²) in [6.45, 7) is 1.05. The van der Waals surface area contributed by atoms with Gasteiger partial charge in [-0.25, -0.2) is 0 Å². The fourth-order valence-electron chi connectivity index (χ4n) is 3.15. The molecule has 0 radical (unpaired) electrons. The van der Waals surface area contributed by atoms with Gasteiger partial charge in [0.05, 0.1) is 12.1 Å². The Balaban J connectivity index is 2.01. The Bertz CT molecular complexity index is 509. The van der Waals surface area contributed by atoms with Crippen molar-refractivity contribution in [1.82, 2.24) is 4.90 Å². The number of hydrogen-bond donors (Lipinski definition) is 0. The van der Waals surface area contributed by atoms with Crippen LogP contribution in [-0.2, 0) is 9.53 Å². The van der Waals surface area contributed by atoms with E-state index >= 15 is 0 Å². The van der Waals surface area contributed by atoms with Gasteiger partial charge < -0.3 is 4.74 Å². The second-order valence-electron chi connectivity index (χ2n) is 5.12. The van der Waals surface area contributed by atoms with Crippen LogP contribution in [0.2, 0.25) is 0 Å². The van der Waals surface area contributed by atoms with Gasteiger partial charge in [-0.1, -0.05) is 30.3 Å². The number of fused-ring (bicyclic) bond motifs is 1. The molecule has 3 atom stereocenters. The minimum atomic E-state index is -0.297. The van der Waals surface area contributed by atoms with Gasteiger partial charge in [0.2, 0.25) is 0 Å².